The summed E-state index contributed by atoms with van der Waals surface area (Å²) in [5.41, 5.74) is 5.94. The van der Waals surface area contributed by atoms with E-state index < -0.39 is 0 Å². The number of nitrogens with zero attached hydrogens (tertiary/aromatic N) is 5. The molecule has 0 spiro atoms. The van der Waals surface area contributed by atoms with Gasteiger partial charge in [-0.05, 0) is 37.1 Å². The number of aryl methyl sites for hydroxylation is 1. The average Bonchev–Trinajstić information content (AvgIpc) is 3.00. The fraction of sp³-hybridized carbons (Fsp3) is 0.125. The molecular formula is C16H15BrN6. The van der Waals surface area contributed by atoms with Gasteiger partial charge < -0.3 is 0 Å². The Balaban J connectivity index is 1.78. The van der Waals surface area contributed by atoms with Crippen LogP contribution in [0.1, 0.15) is 18.1 Å². The van der Waals surface area contributed by atoms with Crippen LogP contribution in [0, 0.1) is 6.92 Å². The van der Waals surface area contributed by atoms with Crippen molar-refractivity contribution in [1.82, 2.24) is 19.7 Å². The lowest BCUT2D eigenvalue weighted by Gasteiger charge is -2.05. The second-order valence-electron chi connectivity index (χ2n) is 5.04. The van der Waals surface area contributed by atoms with Crippen LogP contribution < -0.4 is 5.43 Å². The quantitative estimate of drug-likeness (QED) is 0.562. The molecular weight excluding hydrogens is 356 g/mol. The first-order valence-corrected chi connectivity index (χ1v) is 7.81. The van der Waals surface area contributed by atoms with E-state index in [-0.39, 0.29) is 0 Å². The summed E-state index contributed by atoms with van der Waals surface area (Å²) in [6, 6.07) is 9.77. The molecule has 2 aromatic heterocycles. The van der Waals surface area contributed by atoms with Gasteiger partial charge in [0.25, 0.3) is 0 Å². The summed E-state index contributed by atoms with van der Waals surface area (Å²) in [5.74, 6) is 1.30. The van der Waals surface area contributed by atoms with Crippen LogP contribution in [0.2, 0.25) is 0 Å². The van der Waals surface area contributed by atoms with E-state index in [1.807, 2.05) is 44.3 Å². The van der Waals surface area contributed by atoms with Crippen molar-refractivity contribution in [2.75, 3.05) is 5.43 Å². The number of halogens is 1. The predicted molar refractivity (Wildman–Crippen MR) is 93.9 cm³/mol. The van der Waals surface area contributed by atoms with E-state index in [2.05, 4.69) is 41.5 Å². The Morgan fingerprint density at radius 3 is 2.70 bits per heavy atom. The molecule has 3 rings (SSSR count). The Morgan fingerprint density at radius 2 is 2.00 bits per heavy atom. The number of hydrogen-bond donors (Lipinski definition) is 1. The molecule has 0 saturated heterocycles. The van der Waals surface area contributed by atoms with Crippen LogP contribution in [0.4, 0.5) is 5.82 Å². The van der Waals surface area contributed by atoms with Crippen molar-refractivity contribution in [2.24, 2.45) is 5.10 Å². The second kappa shape index (κ2) is 6.70. The van der Waals surface area contributed by atoms with E-state index in [9.17, 15) is 0 Å². The molecule has 0 atom stereocenters. The lowest BCUT2D eigenvalue weighted by molar-refractivity contribution is 0.839. The highest BCUT2D eigenvalue weighted by atomic mass is 79.9. The molecule has 1 aromatic carbocycles. The summed E-state index contributed by atoms with van der Waals surface area (Å²) in [6.45, 7) is 3.92. The van der Waals surface area contributed by atoms with Gasteiger partial charge in [-0.15, -0.1) is 0 Å². The summed E-state index contributed by atoms with van der Waals surface area (Å²) in [6.07, 6.45) is 5.17. The lowest BCUT2D eigenvalue weighted by atomic mass is 10.1. The van der Waals surface area contributed by atoms with Crippen molar-refractivity contribution in [1.29, 1.82) is 0 Å². The van der Waals surface area contributed by atoms with E-state index in [0.29, 0.717) is 11.6 Å². The highest BCUT2D eigenvalue weighted by Crippen LogP contribution is 2.12. The minimum Gasteiger partial charge on any atom is -0.261 e. The van der Waals surface area contributed by atoms with Gasteiger partial charge in [-0.1, -0.05) is 28.1 Å². The van der Waals surface area contributed by atoms with E-state index in [4.69, 9.17) is 0 Å². The summed E-state index contributed by atoms with van der Waals surface area (Å²) in [4.78, 5) is 8.39. The highest BCUT2D eigenvalue weighted by Gasteiger charge is 2.03. The first kappa shape index (κ1) is 15.4. The Morgan fingerprint density at radius 1 is 1.22 bits per heavy atom. The van der Waals surface area contributed by atoms with Crippen LogP contribution in [0.3, 0.4) is 0 Å². The van der Waals surface area contributed by atoms with E-state index in [1.54, 1.807) is 16.9 Å². The van der Waals surface area contributed by atoms with Crippen molar-refractivity contribution in [2.45, 2.75) is 13.8 Å². The maximum Gasteiger partial charge on any atom is 0.158 e. The molecule has 1 N–H and O–H groups in total. The van der Waals surface area contributed by atoms with E-state index in [1.165, 1.54) is 6.33 Å². The van der Waals surface area contributed by atoms with E-state index >= 15 is 0 Å². The molecule has 116 valence electrons. The zero-order valence-corrected chi connectivity index (χ0v) is 14.3. The molecule has 0 aliphatic heterocycles. The number of nitrogens with one attached hydrogen (secondary N) is 1. The maximum absolute atomic E-state index is 4.37. The number of aromatic nitrogens is 4. The standard InChI is InChI=1S/C16H15BrN6/c1-11-8-20-23(9-11)16-7-15(18-10-19-16)22-21-12(2)13-3-5-14(17)6-4-13/h3-10H,1-2H3,(H,18,19,22). The van der Waals surface area contributed by atoms with Gasteiger partial charge in [-0.3, -0.25) is 5.43 Å². The van der Waals surface area contributed by atoms with Crippen molar-refractivity contribution < 1.29 is 0 Å². The molecule has 0 bridgehead atoms. The van der Waals surface area contributed by atoms with Crippen LogP contribution in [0.25, 0.3) is 5.82 Å². The Kier molecular flexibility index (Phi) is 4.47. The molecule has 0 fully saturated rings. The van der Waals surface area contributed by atoms with Gasteiger partial charge in [0, 0.05) is 16.7 Å². The SMILES string of the molecule is CC(=NNc1cc(-n2cc(C)cn2)ncn1)c1ccc(Br)cc1. The Labute approximate surface area is 142 Å². The topological polar surface area (TPSA) is 68.0 Å². The van der Waals surface area contributed by atoms with Crippen LogP contribution >= 0.6 is 15.9 Å². The summed E-state index contributed by atoms with van der Waals surface area (Å²) < 4.78 is 2.74. The average molecular weight is 371 g/mol. The normalized spacial score (nSPS) is 11.5. The predicted octanol–water partition coefficient (Wildman–Crippen LogP) is 3.57. The van der Waals surface area contributed by atoms with Crippen molar-refractivity contribution in [3.63, 3.8) is 0 Å². The van der Waals surface area contributed by atoms with Crippen molar-refractivity contribution in [3.8, 4) is 5.82 Å². The molecule has 0 amide bonds. The zero-order valence-electron chi connectivity index (χ0n) is 12.7. The monoisotopic (exact) mass is 370 g/mol. The summed E-state index contributed by atoms with van der Waals surface area (Å²) in [5, 5.41) is 8.60. The minimum absolute atomic E-state index is 0.611. The van der Waals surface area contributed by atoms with Crippen LogP contribution in [0.15, 0.2) is 58.6 Å². The largest absolute Gasteiger partial charge is 0.261 e. The minimum atomic E-state index is 0.611. The molecule has 2 heterocycles. The Bertz CT molecular complexity index is 838. The molecule has 6 nitrogen and oxygen atoms in total. The fourth-order valence-corrected chi connectivity index (χ4v) is 2.23. The number of anilines is 1. The second-order valence-corrected chi connectivity index (χ2v) is 5.96. The molecule has 0 aliphatic rings. The molecule has 3 aromatic rings. The van der Waals surface area contributed by atoms with Crippen molar-refractivity contribution in [3.05, 3.63) is 64.7 Å². The third-order valence-corrected chi connectivity index (χ3v) is 3.73. The zero-order chi connectivity index (χ0) is 16.2. The number of hydrogen-bond acceptors (Lipinski definition) is 5. The number of rotatable bonds is 4. The van der Waals surface area contributed by atoms with Gasteiger partial charge in [0.2, 0.25) is 0 Å². The van der Waals surface area contributed by atoms with Gasteiger partial charge >= 0.3 is 0 Å². The molecule has 7 heteroatoms. The van der Waals surface area contributed by atoms with Crippen LogP contribution in [0.5, 0.6) is 0 Å². The van der Waals surface area contributed by atoms with Crippen molar-refractivity contribution >= 4 is 27.5 Å². The fourth-order valence-electron chi connectivity index (χ4n) is 1.97. The molecule has 0 unspecified atom stereocenters. The third kappa shape index (κ3) is 3.81. The molecule has 0 aliphatic carbocycles. The molecule has 0 radical (unpaired) electrons. The number of hydrazone groups is 1. The third-order valence-electron chi connectivity index (χ3n) is 3.20. The highest BCUT2D eigenvalue weighted by molar-refractivity contribution is 9.10. The first-order valence-electron chi connectivity index (χ1n) is 7.02. The van der Waals surface area contributed by atoms with E-state index in [0.717, 1.165) is 21.3 Å². The molecule has 0 saturated carbocycles. The summed E-state index contributed by atoms with van der Waals surface area (Å²) >= 11 is 3.42. The van der Waals surface area contributed by atoms with Gasteiger partial charge in [-0.2, -0.15) is 10.2 Å². The van der Waals surface area contributed by atoms with Gasteiger partial charge in [-0.25, -0.2) is 14.6 Å². The maximum atomic E-state index is 4.37. The van der Waals surface area contributed by atoms with Gasteiger partial charge in [0.15, 0.2) is 11.6 Å². The molecule has 23 heavy (non-hydrogen) atoms. The first-order chi connectivity index (χ1) is 11.1. The van der Waals surface area contributed by atoms with Crippen LogP contribution in [-0.2, 0) is 0 Å². The Hall–Kier alpha value is -2.54. The summed E-state index contributed by atoms with van der Waals surface area (Å²) in [7, 11) is 0. The lowest BCUT2D eigenvalue weighted by Crippen LogP contribution is -2.03. The van der Waals surface area contributed by atoms with Crippen LogP contribution in [-0.4, -0.2) is 25.5 Å². The van der Waals surface area contributed by atoms with Gasteiger partial charge in [0.05, 0.1) is 11.9 Å². The smallest absolute Gasteiger partial charge is 0.158 e. The number of benzene rings is 1. The van der Waals surface area contributed by atoms with Gasteiger partial charge in [0.1, 0.15) is 6.33 Å².